The lowest BCUT2D eigenvalue weighted by molar-refractivity contribution is 0.354. The van der Waals surface area contributed by atoms with Crippen LogP contribution in [0.4, 0.5) is 5.13 Å². The van der Waals surface area contributed by atoms with Crippen molar-refractivity contribution in [2.45, 2.75) is 0 Å². The summed E-state index contributed by atoms with van der Waals surface area (Å²) in [5.41, 5.74) is 3.68. The number of para-hydroxylation sites is 1. The topological polar surface area (TPSA) is 55.7 Å². The molecule has 1 N–H and O–H groups in total. The maximum atomic E-state index is 5.30. The molecule has 1 aromatic heterocycles. The van der Waals surface area contributed by atoms with Crippen LogP contribution in [0.3, 0.4) is 0 Å². The SMILES string of the molecule is COc1cccc(/C=N\Nc2nccs2)c1OC. The highest BCUT2D eigenvalue weighted by Gasteiger charge is 2.06. The lowest BCUT2D eigenvalue weighted by atomic mass is 10.2. The van der Waals surface area contributed by atoms with Crippen LogP contribution < -0.4 is 14.9 Å². The predicted octanol–water partition coefficient (Wildman–Crippen LogP) is 2.61. The molecule has 2 rings (SSSR count). The van der Waals surface area contributed by atoms with Gasteiger partial charge in [-0.3, -0.25) is 5.43 Å². The second-order valence-electron chi connectivity index (χ2n) is 3.29. The minimum atomic E-state index is 0.657. The number of hydrogen-bond donors (Lipinski definition) is 1. The Bertz CT molecular complexity index is 526. The first-order valence-corrected chi connectivity index (χ1v) is 6.12. The van der Waals surface area contributed by atoms with E-state index < -0.39 is 0 Å². The number of nitrogens with one attached hydrogen (secondary N) is 1. The van der Waals surface area contributed by atoms with E-state index in [9.17, 15) is 0 Å². The monoisotopic (exact) mass is 263 g/mol. The molecule has 0 spiro atoms. The van der Waals surface area contributed by atoms with E-state index in [1.54, 1.807) is 26.6 Å². The van der Waals surface area contributed by atoms with Crippen LogP contribution in [0.25, 0.3) is 0 Å². The fraction of sp³-hybridized carbons (Fsp3) is 0.167. The van der Waals surface area contributed by atoms with E-state index >= 15 is 0 Å². The maximum Gasteiger partial charge on any atom is 0.203 e. The Hall–Kier alpha value is -2.08. The molecule has 5 nitrogen and oxygen atoms in total. The minimum absolute atomic E-state index is 0.657. The van der Waals surface area contributed by atoms with Crippen LogP contribution in [0.15, 0.2) is 34.9 Å². The summed E-state index contributed by atoms with van der Waals surface area (Å²) in [6, 6.07) is 5.62. The number of nitrogens with zero attached hydrogens (tertiary/aromatic N) is 2. The summed E-state index contributed by atoms with van der Waals surface area (Å²) in [7, 11) is 3.20. The number of ether oxygens (including phenoxy) is 2. The molecule has 0 aliphatic carbocycles. The Labute approximate surface area is 109 Å². The van der Waals surface area contributed by atoms with Crippen molar-refractivity contribution in [3.05, 3.63) is 35.3 Å². The largest absolute Gasteiger partial charge is 0.493 e. The van der Waals surface area contributed by atoms with Gasteiger partial charge in [0.15, 0.2) is 11.5 Å². The molecule has 0 unspecified atom stereocenters. The molecule has 0 aliphatic heterocycles. The van der Waals surface area contributed by atoms with Crippen LogP contribution in [-0.4, -0.2) is 25.4 Å². The van der Waals surface area contributed by atoms with E-state index in [-0.39, 0.29) is 0 Å². The van der Waals surface area contributed by atoms with E-state index in [1.165, 1.54) is 11.3 Å². The number of aromatic nitrogens is 1. The Kier molecular flexibility index (Phi) is 4.14. The highest BCUT2D eigenvalue weighted by molar-refractivity contribution is 7.13. The molecule has 6 heteroatoms. The number of benzene rings is 1. The van der Waals surface area contributed by atoms with Gasteiger partial charge in [0.1, 0.15) is 0 Å². The molecule has 0 saturated carbocycles. The third kappa shape index (κ3) is 2.78. The lowest BCUT2D eigenvalue weighted by Crippen LogP contribution is -1.96. The van der Waals surface area contributed by atoms with Gasteiger partial charge in [0, 0.05) is 17.1 Å². The zero-order valence-corrected chi connectivity index (χ0v) is 10.9. The van der Waals surface area contributed by atoms with Crippen LogP contribution >= 0.6 is 11.3 Å². The molecule has 0 fully saturated rings. The summed E-state index contributed by atoms with van der Waals surface area (Å²) in [5, 5.41) is 6.73. The first-order valence-electron chi connectivity index (χ1n) is 5.24. The van der Waals surface area contributed by atoms with E-state index in [1.807, 2.05) is 23.6 Å². The van der Waals surface area contributed by atoms with E-state index in [4.69, 9.17) is 9.47 Å². The molecule has 0 amide bonds. The van der Waals surface area contributed by atoms with Gasteiger partial charge >= 0.3 is 0 Å². The standard InChI is InChI=1S/C12H13N3O2S/c1-16-10-5-3-4-9(11(10)17-2)8-14-15-12-13-6-7-18-12/h3-8H,1-2H3,(H,13,15)/b14-8-. The average molecular weight is 263 g/mol. The van der Waals surface area contributed by atoms with Gasteiger partial charge in [-0.2, -0.15) is 5.10 Å². The minimum Gasteiger partial charge on any atom is -0.493 e. The van der Waals surface area contributed by atoms with Crippen molar-refractivity contribution in [2.75, 3.05) is 19.6 Å². The molecule has 0 aliphatic rings. The van der Waals surface area contributed by atoms with Gasteiger partial charge in [0.25, 0.3) is 0 Å². The van der Waals surface area contributed by atoms with Crippen LogP contribution in [0.5, 0.6) is 11.5 Å². The Morgan fingerprint density at radius 2 is 2.22 bits per heavy atom. The molecule has 94 valence electrons. The number of anilines is 1. The zero-order valence-electron chi connectivity index (χ0n) is 10.1. The van der Waals surface area contributed by atoms with Crippen LogP contribution in [0.2, 0.25) is 0 Å². The van der Waals surface area contributed by atoms with E-state index in [0.717, 1.165) is 10.7 Å². The Balaban J connectivity index is 2.15. The summed E-state index contributed by atoms with van der Waals surface area (Å²) in [6.07, 6.45) is 3.39. The number of hydrazone groups is 1. The summed E-state index contributed by atoms with van der Waals surface area (Å²) in [5.74, 6) is 1.33. The molecule has 18 heavy (non-hydrogen) atoms. The van der Waals surface area contributed by atoms with Gasteiger partial charge in [0.05, 0.1) is 20.4 Å². The van der Waals surface area contributed by atoms with Crippen molar-refractivity contribution in [3.8, 4) is 11.5 Å². The predicted molar refractivity (Wildman–Crippen MR) is 72.9 cm³/mol. The fourth-order valence-corrected chi connectivity index (χ4v) is 1.93. The number of hydrogen-bond acceptors (Lipinski definition) is 6. The van der Waals surface area contributed by atoms with E-state index in [0.29, 0.717) is 11.5 Å². The molecular formula is C12H13N3O2S. The quantitative estimate of drug-likeness (QED) is 0.665. The Morgan fingerprint density at radius 3 is 2.89 bits per heavy atom. The van der Waals surface area contributed by atoms with Crippen LogP contribution in [0.1, 0.15) is 5.56 Å². The molecule has 0 bridgehead atoms. The van der Waals surface area contributed by atoms with Crippen LogP contribution in [0, 0.1) is 0 Å². The molecular weight excluding hydrogens is 250 g/mol. The normalized spacial score (nSPS) is 10.6. The molecule has 1 aromatic carbocycles. The van der Waals surface area contributed by atoms with Crippen molar-refractivity contribution >= 4 is 22.7 Å². The maximum absolute atomic E-state index is 5.30. The average Bonchev–Trinajstić information content (AvgIpc) is 2.91. The van der Waals surface area contributed by atoms with Gasteiger partial charge in [-0.05, 0) is 12.1 Å². The van der Waals surface area contributed by atoms with Gasteiger partial charge < -0.3 is 9.47 Å². The van der Waals surface area contributed by atoms with Crippen molar-refractivity contribution in [3.63, 3.8) is 0 Å². The van der Waals surface area contributed by atoms with Crippen molar-refractivity contribution in [1.82, 2.24) is 4.98 Å². The third-order valence-electron chi connectivity index (χ3n) is 2.23. The van der Waals surface area contributed by atoms with Gasteiger partial charge in [0.2, 0.25) is 5.13 Å². The molecule has 1 heterocycles. The fourth-order valence-electron chi connectivity index (χ4n) is 1.45. The van der Waals surface area contributed by atoms with Gasteiger partial charge in [-0.25, -0.2) is 4.98 Å². The Morgan fingerprint density at radius 1 is 1.33 bits per heavy atom. The smallest absolute Gasteiger partial charge is 0.203 e. The van der Waals surface area contributed by atoms with E-state index in [2.05, 4.69) is 15.5 Å². The highest BCUT2D eigenvalue weighted by atomic mass is 32.1. The lowest BCUT2D eigenvalue weighted by Gasteiger charge is -2.09. The summed E-state index contributed by atoms with van der Waals surface area (Å²) >= 11 is 1.48. The number of rotatable bonds is 5. The second kappa shape index (κ2) is 6.02. The highest BCUT2D eigenvalue weighted by Crippen LogP contribution is 2.29. The molecule has 2 aromatic rings. The van der Waals surface area contributed by atoms with Gasteiger partial charge in [-0.1, -0.05) is 6.07 Å². The third-order valence-corrected chi connectivity index (χ3v) is 2.91. The first-order chi connectivity index (χ1) is 8.85. The van der Waals surface area contributed by atoms with Crippen molar-refractivity contribution in [1.29, 1.82) is 0 Å². The van der Waals surface area contributed by atoms with Crippen molar-refractivity contribution < 1.29 is 9.47 Å². The molecule has 0 saturated heterocycles. The zero-order chi connectivity index (χ0) is 12.8. The summed E-state index contributed by atoms with van der Waals surface area (Å²) in [6.45, 7) is 0. The summed E-state index contributed by atoms with van der Waals surface area (Å²) < 4.78 is 10.5. The van der Waals surface area contributed by atoms with Crippen LogP contribution in [-0.2, 0) is 0 Å². The first kappa shape index (κ1) is 12.4. The van der Waals surface area contributed by atoms with Gasteiger partial charge in [-0.15, -0.1) is 11.3 Å². The van der Waals surface area contributed by atoms with Crippen molar-refractivity contribution in [2.24, 2.45) is 5.10 Å². The number of methoxy groups -OCH3 is 2. The summed E-state index contributed by atoms with van der Waals surface area (Å²) in [4.78, 5) is 4.06. The molecule has 0 atom stereocenters. The molecule has 0 radical (unpaired) electrons. The number of thiazole rings is 1. The second-order valence-corrected chi connectivity index (χ2v) is 4.18.